The molecule has 2 aliphatic rings. The number of nitrogens with zero attached hydrogens (tertiary/aromatic N) is 2. The lowest BCUT2D eigenvalue weighted by Gasteiger charge is -2.30. The number of hydrogen-bond donors (Lipinski definition) is 0. The van der Waals surface area contributed by atoms with E-state index in [2.05, 4.69) is 0 Å². The number of carbonyl (C=O) groups is 2. The number of benzene rings is 1. The molecule has 2 saturated heterocycles. The first-order valence-electron chi connectivity index (χ1n) is 8.85. The molecule has 0 N–H and O–H groups in total. The van der Waals surface area contributed by atoms with E-state index in [1.807, 2.05) is 25.2 Å². The van der Waals surface area contributed by atoms with Crippen LogP contribution in [0.4, 0.5) is 0 Å². The van der Waals surface area contributed by atoms with E-state index in [1.165, 1.54) is 0 Å². The van der Waals surface area contributed by atoms with Crippen molar-refractivity contribution in [2.24, 2.45) is 11.8 Å². The van der Waals surface area contributed by atoms with Crippen molar-refractivity contribution in [3.63, 3.8) is 0 Å². The van der Waals surface area contributed by atoms with Gasteiger partial charge in [0.1, 0.15) is 11.5 Å². The highest BCUT2D eigenvalue weighted by atomic mass is 35.5. The largest absolute Gasteiger partial charge is 0.460 e. The summed E-state index contributed by atoms with van der Waals surface area (Å²) in [5.41, 5.74) is 1.31. The number of aryl methyl sites for hydroxylation is 1. The second-order valence-electron chi connectivity index (χ2n) is 7.19. The molecule has 0 aliphatic carbocycles. The second-order valence-corrected chi connectivity index (χ2v) is 7.59. The molecule has 2 amide bonds. The molecule has 2 fully saturated rings. The normalized spacial score (nSPS) is 22.7. The molecule has 5 nitrogen and oxygen atoms in total. The molecule has 26 heavy (non-hydrogen) atoms. The van der Waals surface area contributed by atoms with Crippen molar-refractivity contribution in [2.45, 2.75) is 13.3 Å². The summed E-state index contributed by atoms with van der Waals surface area (Å²) < 4.78 is 5.81. The Morgan fingerprint density at radius 1 is 1.27 bits per heavy atom. The zero-order valence-corrected chi connectivity index (χ0v) is 15.6. The Bertz CT molecular complexity index is 876. The molecule has 0 bridgehead atoms. The Morgan fingerprint density at radius 2 is 2.04 bits per heavy atom. The third-order valence-electron chi connectivity index (χ3n) is 5.54. The predicted molar refractivity (Wildman–Crippen MR) is 99.0 cm³/mol. The SMILES string of the molecule is Cc1oc(-c2ccccc2Cl)cc1C(=O)N1CC2CCN(C)C(=O)C2C1. The van der Waals surface area contributed by atoms with Crippen molar-refractivity contribution in [1.82, 2.24) is 9.80 Å². The summed E-state index contributed by atoms with van der Waals surface area (Å²) in [6.07, 6.45) is 0.950. The zero-order chi connectivity index (χ0) is 18.4. The van der Waals surface area contributed by atoms with Gasteiger partial charge >= 0.3 is 0 Å². The number of likely N-dealkylation sites (tertiary alicyclic amines) is 2. The molecule has 1 aromatic carbocycles. The molecule has 136 valence electrons. The summed E-state index contributed by atoms with van der Waals surface area (Å²) in [7, 11) is 1.83. The molecule has 1 aromatic heterocycles. The van der Waals surface area contributed by atoms with Gasteiger partial charge in [0.15, 0.2) is 0 Å². The van der Waals surface area contributed by atoms with Gasteiger partial charge in [0.2, 0.25) is 5.91 Å². The average molecular weight is 373 g/mol. The van der Waals surface area contributed by atoms with Gasteiger partial charge < -0.3 is 14.2 Å². The van der Waals surface area contributed by atoms with Crippen LogP contribution in [0, 0.1) is 18.8 Å². The van der Waals surface area contributed by atoms with E-state index in [4.69, 9.17) is 16.0 Å². The third kappa shape index (κ3) is 2.80. The number of hydrogen-bond acceptors (Lipinski definition) is 3. The van der Waals surface area contributed by atoms with Crippen molar-refractivity contribution in [3.8, 4) is 11.3 Å². The van der Waals surface area contributed by atoms with E-state index < -0.39 is 0 Å². The molecule has 2 atom stereocenters. The van der Waals surface area contributed by atoms with E-state index in [1.54, 1.807) is 28.9 Å². The number of carbonyl (C=O) groups excluding carboxylic acids is 2. The lowest BCUT2D eigenvalue weighted by molar-refractivity contribution is -0.137. The Morgan fingerprint density at radius 3 is 2.81 bits per heavy atom. The van der Waals surface area contributed by atoms with Crippen LogP contribution < -0.4 is 0 Å². The maximum Gasteiger partial charge on any atom is 0.257 e. The van der Waals surface area contributed by atoms with Crippen LogP contribution in [0.5, 0.6) is 0 Å². The van der Waals surface area contributed by atoms with E-state index in [0.29, 0.717) is 35.2 Å². The van der Waals surface area contributed by atoms with Crippen molar-refractivity contribution in [1.29, 1.82) is 0 Å². The Kier molecular flexibility index (Phi) is 4.27. The first kappa shape index (κ1) is 17.2. The maximum absolute atomic E-state index is 13.0. The predicted octanol–water partition coefficient (Wildman–Crippen LogP) is 3.46. The van der Waals surface area contributed by atoms with Gasteiger partial charge in [0, 0.05) is 32.2 Å². The highest BCUT2D eigenvalue weighted by Crippen LogP contribution is 2.35. The molecule has 0 saturated carbocycles. The van der Waals surface area contributed by atoms with Gasteiger partial charge in [-0.05, 0) is 37.5 Å². The van der Waals surface area contributed by atoms with E-state index in [-0.39, 0.29) is 23.7 Å². The van der Waals surface area contributed by atoms with Crippen LogP contribution in [0.2, 0.25) is 5.02 Å². The van der Waals surface area contributed by atoms with Gasteiger partial charge in [0.25, 0.3) is 5.91 Å². The Balaban J connectivity index is 1.58. The van der Waals surface area contributed by atoms with Crippen LogP contribution in [0.15, 0.2) is 34.7 Å². The maximum atomic E-state index is 13.0. The number of furan rings is 1. The monoisotopic (exact) mass is 372 g/mol. The summed E-state index contributed by atoms with van der Waals surface area (Å²) in [6, 6.07) is 9.16. The second kappa shape index (κ2) is 6.47. The van der Waals surface area contributed by atoms with E-state index in [9.17, 15) is 9.59 Å². The number of amides is 2. The molecule has 3 heterocycles. The number of halogens is 1. The van der Waals surface area contributed by atoms with Gasteiger partial charge in [-0.2, -0.15) is 0 Å². The summed E-state index contributed by atoms with van der Waals surface area (Å²) in [5.74, 6) is 1.42. The summed E-state index contributed by atoms with van der Waals surface area (Å²) in [5, 5.41) is 0.584. The first-order chi connectivity index (χ1) is 12.5. The minimum absolute atomic E-state index is 0.0746. The molecule has 6 heteroatoms. The van der Waals surface area contributed by atoms with Gasteiger partial charge in [-0.3, -0.25) is 9.59 Å². The van der Waals surface area contributed by atoms with Gasteiger partial charge in [-0.1, -0.05) is 23.7 Å². The van der Waals surface area contributed by atoms with E-state index >= 15 is 0 Å². The van der Waals surface area contributed by atoms with Crippen LogP contribution >= 0.6 is 11.6 Å². The molecular formula is C20H21ClN2O3. The molecule has 2 aromatic rings. The third-order valence-corrected chi connectivity index (χ3v) is 5.87. The number of piperidine rings is 1. The molecule has 2 aliphatic heterocycles. The topological polar surface area (TPSA) is 53.8 Å². The van der Waals surface area contributed by atoms with Gasteiger partial charge in [-0.25, -0.2) is 0 Å². The van der Waals surface area contributed by atoms with Crippen LogP contribution in [0.25, 0.3) is 11.3 Å². The fourth-order valence-electron chi connectivity index (χ4n) is 4.02. The fraction of sp³-hybridized carbons (Fsp3) is 0.400. The van der Waals surface area contributed by atoms with Gasteiger partial charge in [0.05, 0.1) is 16.5 Å². The Hall–Kier alpha value is -2.27. The summed E-state index contributed by atoms with van der Waals surface area (Å²) >= 11 is 6.24. The first-order valence-corrected chi connectivity index (χ1v) is 9.23. The van der Waals surface area contributed by atoms with Crippen molar-refractivity contribution >= 4 is 23.4 Å². The minimum atomic E-state index is -0.0760. The summed E-state index contributed by atoms with van der Waals surface area (Å²) in [4.78, 5) is 29.0. The van der Waals surface area contributed by atoms with Crippen molar-refractivity contribution in [2.75, 3.05) is 26.7 Å². The van der Waals surface area contributed by atoms with Crippen molar-refractivity contribution in [3.05, 3.63) is 46.7 Å². The van der Waals surface area contributed by atoms with Gasteiger partial charge in [-0.15, -0.1) is 0 Å². The van der Waals surface area contributed by atoms with E-state index in [0.717, 1.165) is 18.5 Å². The quantitative estimate of drug-likeness (QED) is 0.811. The number of rotatable bonds is 2. The van der Waals surface area contributed by atoms with Crippen LogP contribution in [0.3, 0.4) is 0 Å². The lowest BCUT2D eigenvalue weighted by Crippen LogP contribution is -2.42. The highest BCUT2D eigenvalue weighted by Gasteiger charge is 2.43. The average Bonchev–Trinajstić information content (AvgIpc) is 3.22. The zero-order valence-electron chi connectivity index (χ0n) is 14.9. The van der Waals surface area contributed by atoms with Crippen LogP contribution in [0.1, 0.15) is 22.5 Å². The standard InChI is InChI=1S/C20H21ClN2O3/c1-12-15(9-18(26-12)14-5-3-4-6-17(14)21)20(25)23-10-13-7-8-22(2)19(24)16(13)11-23/h3-6,9,13,16H,7-8,10-11H2,1-2H3. The highest BCUT2D eigenvalue weighted by molar-refractivity contribution is 6.33. The summed E-state index contributed by atoms with van der Waals surface area (Å²) in [6.45, 7) is 3.67. The smallest absolute Gasteiger partial charge is 0.257 e. The molecule has 2 unspecified atom stereocenters. The molecule has 4 rings (SSSR count). The van der Waals surface area contributed by atoms with Crippen LogP contribution in [-0.2, 0) is 4.79 Å². The van der Waals surface area contributed by atoms with Crippen LogP contribution in [-0.4, -0.2) is 48.3 Å². The molecular weight excluding hydrogens is 352 g/mol. The Labute approximate surface area is 157 Å². The molecule has 0 radical (unpaired) electrons. The lowest BCUT2D eigenvalue weighted by atomic mass is 9.88. The van der Waals surface area contributed by atoms with Crippen molar-refractivity contribution < 1.29 is 14.0 Å². The minimum Gasteiger partial charge on any atom is -0.460 e. The fourth-order valence-corrected chi connectivity index (χ4v) is 4.25. The number of fused-ring (bicyclic) bond motifs is 1. The molecule has 0 spiro atoms.